The summed E-state index contributed by atoms with van der Waals surface area (Å²) in [6, 6.07) is 17.6. The Morgan fingerprint density at radius 2 is 1.68 bits per heavy atom. The van der Waals surface area contributed by atoms with E-state index in [1.165, 1.54) is 11.3 Å². The van der Waals surface area contributed by atoms with Gasteiger partial charge in [0.2, 0.25) is 0 Å². The predicted molar refractivity (Wildman–Crippen MR) is 110 cm³/mol. The van der Waals surface area contributed by atoms with Crippen LogP contribution >= 0.6 is 0 Å². The first-order valence-corrected chi connectivity index (χ1v) is 10.0. The zero-order valence-electron chi connectivity index (χ0n) is 16.5. The van der Waals surface area contributed by atoms with Crippen LogP contribution in [0.1, 0.15) is 36.5 Å². The van der Waals surface area contributed by atoms with Crippen molar-refractivity contribution in [2.24, 2.45) is 5.92 Å². The summed E-state index contributed by atoms with van der Waals surface area (Å²) in [6.07, 6.45) is 2.21. The standard InChI is InChI=1S/C24H26N2O2/c1-17-10-12-19(13-11-17)16-26-23(27)21(20-8-4-3-5-9-20)22(24(26)28)25-14-6-7-18(2)15-25/h3-5,8-13,18H,6-7,14-16H2,1-2H3. The summed E-state index contributed by atoms with van der Waals surface area (Å²) >= 11 is 0. The molecule has 2 aromatic rings. The first kappa shape index (κ1) is 18.5. The Hall–Kier alpha value is -2.88. The second-order valence-electron chi connectivity index (χ2n) is 7.97. The molecule has 4 rings (SSSR count). The molecule has 0 saturated carbocycles. The summed E-state index contributed by atoms with van der Waals surface area (Å²) in [5.74, 6) is 0.163. The van der Waals surface area contributed by atoms with Gasteiger partial charge in [0.15, 0.2) is 0 Å². The number of likely N-dealkylation sites (tertiary alicyclic amines) is 1. The van der Waals surface area contributed by atoms with E-state index in [0.29, 0.717) is 23.7 Å². The molecule has 0 spiro atoms. The third-order valence-electron chi connectivity index (χ3n) is 5.64. The van der Waals surface area contributed by atoms with Gasteiger partial charge < -0.3 is 4.90 Å². The van der Waals surface area contributed by atoms with Gasteiger partial charge in [0.25, 0.3) is 11.8 Å². The highest BCUT2D eigenvalue weighted by molar-refractivity contribution is 6.35. The highest BCUT2D eigenvalue weighted by Gasteiger charge is 2.42. The largest absolute Gasteiger partial charge is 0.366 e. The number of rotatable bonds is 4. The number of hydrogen-bond acceptors (Lipinski definition) is 3. The Kier molecular flexibility index (Phi) is 5.03. The van der Waals surface area contributed by atoms with Crippen molar-refractivity contribution >= 4 is 17.4 Å². The van der Waals surface area contributed by atoms with Gasteiger partial charge in [-0.3, -0.25) is 14.5 Å². The summed E-state index contributed by atoms with van der Waals surface area (Å²) in [4.78, 5) is 30.3. The fourth-order valence-corrected chi connectivity index (χ4v) is 4.13. The van der Waals surface area contributed by atoms with Gasteiger partial charge in [-0.05, 0) is 36.8 Å². The van der Waals surface area contributed by atoms with Crippen LogP contribution in [-0.4, -0.2) is 34.7 Å². The molecule has 0 aromatic heterocycles. The molecule has 1 fully saturated rings. The number of carbonyl (C=O) groups excluding carboxylic acids is 2. The number of aryl methyl sites for hydroxylation is 1. The van der Waals surface area contributed by atoms with E-state index in [4.69, 9.17) is 0 Å². The molecule has 1 saturated heterocycles. The lowest BCUT2D eigenvalue weighted by atomic mass is 9.98. The average molecular weight is 374 g/mol. The van der Waals surface area contributed by atoms with Crippen LogP contribution in [0.5, 0.6) is 0 Å². The fraction of sp³-hybridized carbons (Fsp3) is 0.333. The van der Waals surface area contributed by atoms with Crippen molar-refractivity contribution in [3.8, 4) is 0 Å². The van der Waals surface area contributed by atoms with Gasteiger partial charge in [0, 0.05) is 13.1 Å². The molecule has 2 heterocycles. The van der Waals surface area contributed by atoms with E-state index in [2.05, 4.69) is 11.8 Å². The Morgan fingerprint density at radius 3 is 2.36 bits per heavy atom. The molecule has 2 aromatic carbocycles. The molecule has 2 aliphatic rings. The van der Waals surface area contributed by atoms with E-state index in [0.717, 1.165) is 36.2 Å². The lowest BCUT2D eigenvalue weighted by molar-refractivity contribution is -0.138. The lowest BCUT2D eigenvalue weighted by Crippen LogP contribution is -2.39. The van der Waals surface area contributed by atoms with Crippen molar-refractivity contribution in [3.05, 3.63) is 77.0 Å². The van der Waals surface area contributed by atoms with Crippen molar-refractivity contribution in [2.75, 3.05) is 13.1 Å². The fourth-order valence-electron chi connectivity index (χ4n) is 4.13. The van der Waals surface area contributed by atoms with Crippen molar-refractivity contribution < 1.29 is 9.59 Å². The second kappa shape index (κ2) is 7.63. The maximum Gasteiger partial charge on any atom is 0.278 e. The molecule has 28 heavy (non-hydrogen) atoms. The Labute approximate surface area is 166 Å². The number of nitrogens with zero attached hydrogens (tertiary/aromatic N) is 2. The Balaban J connectivity index is 1.71. The number of imide groups is 1. The maximum absolute atomic E-state index is 13.4. The minimum Gasteiger partial charge on any atom is -0.366 e. The first-order chi connectivity index (χ1) is 13.5. The van der Waals surface area contributed by atoms with Gasteiger partial charge in [-0.1, -0.05) is 67.1 Å². The van der Waals surface area contributed by atoms with Crippen molar-refractivity contribution in [2.45, 2.75) is 33.2 Å². The van der Waals surface area contributed by atoms with Crippen molar-refractivity contribution in [3.63, 3.8) is 0 Å². The quantitative estimate of drug-likeness (QED) is 0.760. The number of benzene rings is 2. The zero-order valence-corrected chi connectivity index (χ0v) is 16.5. The third kappa shape index (κ3) is 3.47. The molecule has 144 valence electrons. The molecule has 4 heteroatoms. The van der Waals surface area contributed by atoms with Crippen LogP contribution in [0.3, 0.4) is 0 Å². The van der Waals surface area contributed by atoms with E-state index in [9.17, 15) is 9.59 Å². The minimum absolute atomic E-state index is 0.168. The van der Waals surface area contributed by atoms with Gasteiger partial charge in [0.1, 0.15) is 5.70 Å². The third-order valence-corrected chi connectivity index (χ3v) is 5.64. The summed E-state index contributed by atoms with van der Waals surface area (Å²) in [7, 11) is 0. The predicted octanol–water partition coefficient (Wildman–Crippen LogP) is 4.01. The first-order valence-electron chi connectivity index (χ1n) is 10.0. The van der Waals surface area contributed by atoms with Crippen molar-refractivity contribution in [1.29, 1.82) is 0 Å². The molecule has 0 aliphatic carbocycles. The molecule has 2 amide bonds. The van der Waals surface area contributed by atoms with E-state index >= 15 is 0 Å². The van der Waals surface area contributed by atoms with Gasteiger partial charge >= 0.3 is 0 Å². The topological polar surface area (TPSA) is 40.6 Å². The Bertz CT molecular complexity index is 915. The summed E-state index contributed by atoms with van der Waals surface area (Å²) in [5, 5.41) is 0. The molecule has 0 bridgehead atoms. The number of hydrogen-bond donors (Lipinski definition) is 0. The summed E-state index contributed by atoms with van der Waals surface area (Å²) in [5.41, 5.74) is 4.07. The van der Waals surface area contributed by atoms with E-state index in [1.54, 1.807) is 0 Å². The van der Waals surface area contributed by atoms with Crippen LogP contribution in [0.2, 0.25) is 0 Å². The van der Waals surface area contributed by atoms with E-state index in [-0.39, 0.29) is 11.8 Å². The molecule has 1 unspecified atom stereocenters. The molecule has 4 nitrogen and oxygen atoms in total. The normalized spacial score (nSPS) is 20.3. The van der Waals surface area contributed by atoms with Crippen LogP contribution in [-0.2, 0) is 16.1 Å². The van der Waals surface area contributed by atoms with Crippen LogP contribution in [0.15, 0.2) is 60.3 Å². The average Bonchev–Trinajstić information content (AvgIpc) is 2.95. The van der Waals surface area contributed by atoms with Gasteiger partial charge in [-0.2, -0.15) is 0 Å². The van der Waals surface area contributed by atoms with Gasteiger partial charge in [0.05, 0.1) is 12.1 Å². The maximum atomic E-state index is 13.4. The molecular weight excluding hydrogens is 348 g/mol. The Morgan fingerprint density at radius 1 is 0.964 bits per heavy atom. The van der Waals surface area contributed by atoms with Crippen molar-refractivity contribution in [1.82, 2.24) is 9.80 Å². The van der Waals surface area contributed by atoms with Crippen LogP contribution in [0.4, 0.5) is 0 Å². The van der Waals surface area contributed by atoms with E-state index < -0.39 is 0 Å². The van der Waals surface area contributed by atoms with Crippen LogP contribution < -0.4 is 0 Å². The lowest BCUT2D eigenvalue weighted by Gasteiger charge is -2.33. The summed E-state index contributed by atoms with van der Waals surface area (Å²) in [6.45, 7) is 6.19. The van der Waals surface area contributed by atoms with Gasteiger partial charge in [-0.15, -0.1) is 0 Å². The minimum atomic E-state index is -0.190. The SMILES string of the molecule is Cc1ccc(CN2C(=O)C(c3ccccc3)=C(N3CCCC(C)C3)C2=O)cc1. The monoisotopic (exact) mass is 374 g/mol. The number of piperidine rings is 1. The molecule has 0 N–H and O–H groups in total. The smallest absolute Gasteiger partial charge is 0.278 e. The number of amides is 2. The highest BCUT2D eigenvalue weighted by Crippen LogP contribution is 2.34. The number of carbonyl (C=O) groups is 2. The zero-order chi connectivity index (χ0) is 19.7. The highest BCUT2D eigenvalue weighted by atomic mass is 16.2. The molecular formula is C24H26N2O2. The van der Waals surface area contributed by atoms with Crippen LogP contribution in [0.25, 0.3) is 5.57 Å². The molecule has 2 aliphatic heterocycles. The summed E-state index contributed by atoms with van der Waals surface area (Å²) < 4.78 is 0. The second-order valence-corrected chi connectivity index (χ2v) is 7.97. The van der Waals surface area contributed by atoms with E-state index in [1.807, 2.05) is 61.5 Å². The molecule has 0 radical (unpaired) electrons. The van der Waals surface area contributed by atoms with Gasteiger partial charge in [-0.25, -0.2) is 0 Å². The van der Waals surface area contributed by atoms with Crippen LogP contribution in [0, 0.1) is 12.8 Å². The molecule has 1 atom stereocenters.